The van der Waals surface area contributed by atoms with Crippen LogP contribution < -0.4 is 5.43 Å². The molecular formula is C15H13F3N2. The Balaban J connectivity index is 2.24. The van der Waals surface area contributed by atoms with Crippen LogP contribution in [0.4, 0.5) is 18.9 Å². The van der Waals surface area contributed by atoms with E-state index in [-0.39, 0.29) is 5.69 Å². The largest absolute Gasteiger partial charge is 0.418 e. The minimum Gasteiger partial charge on any atom is -0.278 e. The van der Waals surface area contributed by atoms with E-state index in [1.165, 1.54) is 18.2 Å². The van der Waals surface area contributed by atoms with E-state index < -0.39 is 11.7 Å². The Morgan fingerprint density at radius 1 is 0.950 bits per heavy atom. The molecule has 0 aromatic heterocycles. The highest BCUT2D eigenvalue weighted by Crippen LogP contribution is 2.34. The molecule has 0 atom stereocenters. The summed E-state index contributed by atoms with van der Waals surface area (Å²) in [5, 5.41) is 4.01. The van der Waals surface area contributed by atoms with Crippen molar-refractivity contribution in [1.82, 2.24) is 0 Å². The van der Waals surface area contributed by atoms with Crippen molar-refractivity contribution < 1.29 is 13.2 Å². The van der Waals surface area contributed by atoms with Gasteiger partial charge in [0.25, 0.3) is 0 Å². The first-order chi connectivity index (χ1) is 9.48. The molecule has 0 saturated carbocycles. The summed E-state index contributed by atoms with van der Waals surface area (Å²) in [6.45, 7) is 1.73. The molecule has 0 amide bonds. The number of nitrogens with zero attached hydrogens (tertiary/aromatic N) is 1. The van der Waals surface area contributed by atoms with Crippen LogP contribution in [0.2, 0.25) is 0 Å². The van der Waals surface area contributed by atoms with Crippen molar-refractivity contribution in [3.05, 3.63) is 65.7 Å². The van der Waals surface area contributed by atoms with Crippen LogP contribution in [0.25, 0.3) is 0 Å². The van der Waals surface area contributed by atoms with Crippen LogP contribution in [0, 0.1) is 0 Å². The number of hydrazone groups is 1. The summed E-state index contributed by atoms with van der Waals surface area (Å²) in [5.41, 5.74) is 3.16. The molecule has 104 valence electrons. The number of para-hydroxylation sites is 1. The van der Waals surface area contributed by atoms with Crippen molar-refractivity contribution in [3.63, 3.8) is 0 Å². The maximum absolute atomic E-state index is 12.8. The minimum atomic E-state index is -4.40. The van der Waals surface area contributed by atoms with Gasteiger partial charge in [-0.15, -0.1) is 0 Å². The highest BCUT2D eigenvalue weighted by molar-refractivity contribution is 5.99. The number of alkyl halides is 3. The fourth-order valence-corrected chi connectivity index (χ4v) is 1.72. The maximum Gasteiger partial charge on any atom is 0.418 e. The molecule has 0 fully saturated rings. The lowest BCUT2D eigenvalue weighted by molar-refractivity contribution is -0.136. The number of benzene rings is 2. The summed E-state index contributed by atoms with van der Waals surface area (Å²) < 4.78 is 38.4. The van der Waals surface area contributed by atoms with E-state index in [0.29, 0.717) is 5.71 Å². The first-order valence-electron chi connectivity index (χ1n) is 6.00. The van der Waals surface area contributed by atoms with E-state index in [4.69, 9.17) is 0 Å². The maximum atomic E-state index is 12.8. The Labute approximate surface area is 114 Å². The molecule has 0 spiro atoms. The van der Waals surface area contributed by atoms with Crippen molar-refractivity contribution >= 4 is 11.4 Å². The smallest absolute Gasteiger partial charge is 0.278 e. The number of rotatable bonds is 3. The Hall–Kier alpha value is -2.30. The second kappa shape index (κ2) is 5.77. The lowest BCUT2D eigenvalue weighted by Gasteiger charge is -2.12. The predicted octanol–water partition coefficient (Wildman–Crippen LogP) is 4.54. The van der Waals surface area contributed by atoms with Crippen molar-refractivity contribution in [2.24, 2.45) is 5.10 Å². The highest BCUT2D eigenvalue weighted by atomic mass is 19.4. The van der Waals surface area contributed by atoms with Gasteiger partial charge in [-0.25, -0.2) is 0 Å². The molecule has 5 heteroatoms. The van der Waals surface area contributed by atoms with E-state index in [1.807, 2.05) is 30.3 Å². The van der Waals surface area contributed by atoms with Gasteiger partial charge in [-0.05, 0) is 24.6 Å². The monoisotopic (exact) mass is 278 g/mol. The average Bonchev–Trinajstić information content (AvgIpc) is 2.45. The van der Waals surface area contributed by atoms with Crippen LogP contribution in [0.3, 0.4) is 0 Å². The molecule has 0 heterocycles. The summed E-state index contributed by atoms with van der Waals surface area (Å²) in [4.78, 5) is 0. The van der Waals surface area contributed by atoms with Crippen LogP contribution in [-0.4, -0.2) is 5.71 Å². The third-order valence-electron chi connectivity index (χ3n) is 2.77. The van der Waals surface area contributed by atoms with Crippen LogP contribution in [-0.2, 0) is 6.18 Å². The third kappa shape index (κ3) is 3.38. The topological polar surface area (TPSA) is 24.4 Å². The number of nitrogens with one attached hydrogen (secondary N) is 1. The zero-order valence-corrected chi connectivity index (χ0v) is 10.8. The quantitative estimate of drug-likeness (QED) is 0.647. The van der Waals surface area contributed by atoms with Crippen molar-refractivity contribution in [1.29, 1.82) is 0 Å². The summed E-state index contributed by atoms with van der Waals surface area (Å²) >= 11 is 0. The van der Waals surface area contributed by atoms with E-state index >= 15 is 0 Å². The summed E-state index contributed by atoms with van der Waals surface area (Å²) in [6, 6.07) is 14.5. The SMILES string of the molecule is CC(=NNc1ccccc1C(F)(F)F)c1ccccc1. The van der Waals surface area contributed by atoms with Gasteiger partial charge in [0, 0.05) is 0 Å². The Morgan fingerprint density at radius 3 is 2.20 bits per heavy atom. The van der Waals surface area contributed by atoms with Gasteiger partial charge in [0.2, 0.25) is 0 Å². The van der Waals surface area contributed by atoms with Gasteiger partial charge in [-0.2, -0.15) is 18.3 Å². The summed E-state index contributed by atoms with van der Waals surface area (Å²) in [6.07, 6.45) is -4.40. The third-order valence-corrected chi connectivity index (χ3v) is 2.77. The number of halogens is 3. The van der Waals surface area contributed by atoms with Gasteiger partial charge < -0.3 is 0 Å². The normalized spacial score (nSPS) is 12.3. The Kier molecular flexibility index (Phi) is 4.08. The number of hydrogen-bond acceptors (Lipinski definition) is 2. The summed E-state index contributed by atoms with van der Waals surface area (Å²) in [5.74, 6) is 0. The molecule has 20 heavy (non-hydrogen) atoms. The van der Waals surface area contributed by atoms with Gasteiger partial charge in [0.15, 0.2) is 0 Å². The van der Waals surface area contributed by atoms with Crippen molar-refractivity contribution in [2.45, 2.75) is 13.1 Å². The first-order valence-corrected chi connectivity index (χ1v) is 6.00. The number of hydrogen-bond donors (Lipinski definition) is 1. The lowest BCUT2D eigenvalue weighted by Crippen LogP contribution is -2.09. The molecule has 0 aliphatic rings. The summed E-state index contributed by atoms with van der Waals surface area (Å²) in [7, 11) is 0. The van der Waals surface area contributed by atoms with Crippen LogP contribution in [0.15, 0.2) is 59.7 Å². The molecule has 0 aliphatic heterocycles. The highest BCUT2D eigenvalue weighted by Gasteiger charge is 2.33. The second-order valence-corrected chi connectivity index (χ2v) is 4.22. The molecule has 2 nitrogen and oxygen atoms in total. The van der Waals surface area contributed by atoms with Gasteiger partial charge in [-0.1, -0.05) is 42.5 Å². The van der Waals surface area contributed by atoms with Gasteiger partial charge in [0.1, 0.15) is 0 Å². The molecule has 2 rings (SSSR count). The molecule has 0 radical (unpaired) electrons. The fourth-order valence-electron chi connectivity index (χ4n) is 1.72. The minimum absolute atomic E-state index is 0.0599. The molecular weight excluding hydrogens is 265 g/mol. The van der Waals surface area contributed by atoms with Gasteiger partial charge in [-0.3, -0.25) is 5.43 Å². The predicted molar refractivity (Wildman–Crippen MR) is 73.7 cm³/mol. The Morgan fingerprint density at radius 2 is 1.55 bits per heavy atom. The lowest BCUT2D eigenvalue weighted by atomic mass is 10.1. The van der Waals surface area contributed by atoms with E-state index in [9.17, 15) is 13.2 Å². The van der Waals surface area contributed by atoms with Crippen LogP contribution in [0.5, 0.6) is 0 Å². The van der Waals surface area contributed by atoms with Gasteiger partial charge >= 0.3 is 6.18 Å². The van der Waals surface area contributed by atoms with Crippen molar-refractivity contribution in [2.75, 3.05) is 5.43 Å². The zero-order chi connectivity index (χ0) is 14.6. The molecule has 0 aliphatic carbocycles. The average molecular weight is 278 g/mol. The number of anilines is 1. The fraction of sp³-hybridized carbons (Fsp3) is 0.133. The Bertz CT molecular complexity index is 604. The van der Waals surface area contributed by atoms with Crippen LogP contribution >= 0.6 is 0 Å². The molecule has 2 aromatic carbocycles. The molecule has 0 unspecified atom stereocenters. The van der Waals surface area contributed by atoms with Crippen molar-refractivity contribution in [3.8, 4) is 0 Å². The molecule has 2 aromatic rings. The van der Waals surface area contributed by atoms with E-state index in [0.717, 1.165) is 11.6 Å². The van der Waals surface area contributed by atoms with Gasteiger partial charge in [0.05, 0.1) is 17.0 Å². The first kappa shape index (κ1) is 14.1. The standard InChI is InChI=1S/C15H13F3N2/c1-11(12-7-3-2-4-8-12)19-20-14-10-6-5-9-13(14)15(16,17)18/h2-10,20H,1H3. The molecule has 0 saturated heterocycles. The van der Waals surface area contributed by atoms with E-state index in [1.54, 1.807) is 6.92 Å². The second-order valence-electron chi connectivity index (χ2n) is 4.22. The molecule has 0 bridgehead atoms. The van der Waals surface area contributed by atoms with Crippen LogP contribution in [0.1, 0.15) is 18.1 Å². The van der Waals surface area contributed by atoms with E-state index in [2.05, 4.69) is 10.5 Å². The zero-order valence-electron chi connectivity index (χ0n) is 10.8. The molecule has 1 N–H and O–H groups in total.